The summed E-state index contributed by atoms with van der Waals surface area (Å²) in [5, 5.41) is 5.26. The molecule has 0 aliphatic rings. The van der Waals surface area contributed by atoms with Gasteiger partial charge in [-0.05, 0) is 32.9 Å². The number of hydrogen-bond acceptors (Lipinski definition) is 4. The van der Waals surface area contributed by atoms with Crippen molar-refractivity contribution in [2.45, 2.75) is 26.3 Å². The van der Waals surface area contributed by atoms with Crippen LogP contribution in [0.2, 0.25) is 0 Å². The lowest BCUT2D eigenvalue weighted by Crippen LogP contribution is -2.27. The van der Waals surface area contributed by atoms with Crippen LogP contribution in [0.25, 0.3) is 0 Å². The van der Waals surface area contributed by atoms with Crippen molar-refractivity contribution in [1.29, 1.82) is 0 Å². The second-order valence-corrected chi connectivity index (χ2v) is 5.71. The summed E-state index contributed by atoms with van der Waals surface area (Å²) in [6.07, 6.45) is 1.21. The van der Waals surface area contributed by atoms with Crippen LogP contribution in [0, 0.1) is 11.6 Å². The van der Waals surface area contributed by atoms with Crippen LogP contribution in [0.1, 0.15) is 31.3 Å². The van der Waals surface area contributed by atoms with E-state index in [1.54, 1.807) is 0 Å². The van der Waals surface area contributed by atoms with Crippen LogP contribution in [0.15, 0.2) is 30.6 Å². The first-order valence-electron chi connectivity index (χ1n) is 6.62. The highest BCUT2D eigenvalue weighted by Crippen LogP contribution is 2.19. The molecule has 0 radical (unpaired) electrons. The smallest absolute Gasteiger partial charge is 0.274 e. The second kappa shape index (κ2) is 6.05. The summed E-state index contributed by atoms with van der Waals surface area (Å²) in [7, 11) is 0. The Balaban J connectivity index is 2.22. The number of rotatable bonds is 3. The van der Waals surface area contributed by atoms with Gasteiger partial charge in [0.2, 0.25) is 0 Å². The van der Waals surface area contributed by atoms with Crippen molar-refractivity contribution in [3.63, 3.8) is 0 Å². The summed E-state index contributed by atoms with van der Waals surface area (Å²) in [5.74, 6) is -1.98. The fourth-order valence-corrected chi connectivity index (χ4v) is 1.73. The topological polar surface area (TPSA) is 66.9 Å². The van der Waals surface area contributed by atoms with Gasteiger partial charge in [-0.2, -0.15) is 0 Å². The minimum absolute atomic E-state index is 0.00408. The predicted octanol–water partition coefficient (Wildman–Crippen LogP) is 3.22. The van der Waals surface area contributed by atoms with E-state index < -0.39 is 23.2 Å². The molecule has 0 saturated carbocycles. The molecule has 22 heavy (non-hydrogen) atoms. The van der Waals surface area contributed by atoms with Crippen molar-refractivity contribution in [1.82, 2.24) is 9.97 Å². The van der Waals surface area contributed by atoms with Gasteiger partial charge in [-0.15, -0.1) is 0 Å². The number of amides is 1. The number of aromatic nitrogens is 2. The summed E-state index contributed by atoms with van der Waals surface area (Å²) in [6.45, 7) is 5.80. The number of halogens is 2. The lowest BCUT2D eigenvalue weighted by molar-refractivity contribution is 0.102. The second-order valence-electron chi connectivity index (χ2n) is 5.71. The average molecular weight is 306 g/mol. The van der Waals surface area contributed by atoms with E-state index >= 15 is 0 Å². The van der Waals surface area contributed by atoms with Crippen LogP contribution in [-0.4, -0.2) is 21.4 Å². The molecule has 0 saturated heterocycles. The van der Waals surface area contributed by atoms with E-state index in [1.807, 2.05) is 20.8 Å². The number of carbonyl (C=O) groups is 1. The lowest BCUT2D eigenvalue weighted by atomic mass is 10.1. The molecule has 1 aromatic carbocycles. The third-order valence-corrected chi connectivity index (χ3v) is 2.60. The molecule has 0 unspecified atom stereocenters. The van der Waals surface area contributed by atoms with Gasteiger partial charge in [-0.25, -0.2) is 18.7 Å². The molecule has 1 heterocycles. The van der Waals surface area contributed by atoms with Crippen LogP contribution in [-0.2, 0) is 0 Å². The van der Waals surface area contributed by atoms with Gasteiger partial charge in [-0.3, -0.25) is 4.79 Å². The molecule has 2 rings (SSSR count). The predicted molar refractivity (Wildman–Crippen MR) is 79.7 cm³/mol. The quantitative estimate of drug-likeness (QED) is 0.913. The van der Waals surface area contributed by atoms with Crippen molar-refractivity contribution in [2.75, 3.05) is 10.6 Å². The normalized spacial score (nSPS) is 11.1. The number of nitrogens with one attached hydrogen (secondary N) is 2. The SMILES string of the molecule is CC(C)(C)Nc1cc(C(=O)Nc2c(F)cccc2F)ncn1. The lowest BCUT2D eigenvalue weighted by Gasteiger charge is -2.21. The number of hydrogen-bond donors (Lipinski definition) is 2. The van der Waals surface area contributed by atoms with Gasteiger partial charge in [0.15, 0.2) is 0 Å². The fraction of sp³-hybridized carbons (Fsp3) is 0.267. The zero-order chi connectivity index (χ0) is 16.3. The molecular weight excluding hydrogens is 290 g/mol. The number of para-hydroxylation sites is 1. The molecule has 0 bridgehead atoms. The Kier molecular flexibility index (Phi) is 4.35. The van der Waals surface area contributed by atoms with Crippen LogP contribution in [0.3, 0.4) is 0 Å². The van der Waals surface area contributed by atoms with E-state index in [4.69, 9.17) is 0 Å². The van der Waals surface area contributed by atoms with Gasteiger partial charge in [0.1, 0.15) is 35.2 Å². The van der Waals surface area contributed by atoms with E-state index in [-0.39, 0.29) is 11.2 Å². The molecule has 0 fully saturated rings. The van der Waals surface area contributed by atoms with Crippen LogP contribution in [0.4, 0.5) is 20.3 Å². The zero-order valence-corrected chi connectivity index (χ0v) is 12.4. The Hall–Kier alpha value is -2.57. The number of anilines is 2. The summed E-state index contributed by atoms with van der Waals surface area (Å²) in [5.41, 5.74) is -0.749. The first-order chi connectivity index (χ1) is 10.3. The van der Waals surface area contributed by atoms with E-state index in [2.05, 4.69) is 20.6 Å². The first kappa shape index (κ1) is 15.8. The maximum Gasteiger partial charge on any atom is 0.274 e. The maximum absolute atomic E-state index is 13.5. The van der Waals surface area contributed by atoms with E-state index in [9.17, 15) is 13.6 Å². The van der Waals surface area contributed by atoms with E-state index in [0.29, 0.717) is 5.82 Å². The molecule has 0 atom stereocenters. The Labute approximate surface area is 126 Å². The highest BCUT2D eigenvalue weighted by atomic mass is 19.1. The standard InChI is InChI=1S/C15H16F2N4O/c1-15(2,3)21-12-7-11(18-8-19-12)14(22)20-13-9(16)5-4-6-10(13)17/h4-8H,1-3H3,(H,20,22)(H,18,19,21). The van der Waals surface area contributed by atoms with E-state index in [0.717, 1.165) is 12.1 Å². The summed E-state index contributed by atoms with van der Waals surface area (Å²) < 4.78 is 27.1. The Morgan fingerprint density at radius 3 is 2.36 bits per heavy atom. The van der Waals surface area contributed by atoms with Gasteiger partial charge < -0.3 is 10.6 Å². The van der Waals surface area contributed by atoms with Crippen molar-refractivity contribution in [2.24, 2.45) is 0 Å². The largest absolute Gasteiger partial charge is 0.365 e. The monoisotopic (exact) mass is 306 g/mol. The molecule has 0 aliphatic carbocycles. The molecule has 7 heteroatoms. The first-order valence-corrected chi connectivity index (χ1v) is 6.62. The molecule has 2 N–H and O–H groups in total. The Morgan fingerprint density at radius 2 is 1.77 bits per heavy atom. The minimum Gasteiger partial charge on any atom is -0.365 e. The maximum atomic E-state index is 13.5. The van der Waals surface area contributed by atoms with Crippen LogP contribution in [0.5, 0.6) is 0 Å². The van der Waals surface area contributed by atoms with Crippen molar-refractivity contribution in [3.8, 4) is 0 Å². The van der Waals surface area contributed by atoms with Gasteiger partial charge >= 0.3 is 0 Å². The fourth-order valence-electron chi connectivity index (χ4n) is 1.73. The summed E-state index contributed by atoms with van der Waals surface area (Å²) in [6, 6.07) is 4.76. The molecule has 0 aliphatic heterocycles. The van der Waals surface area contributed by atoms with Gasteiger partial charge in [-0.1, -0.05) is 6.07 Å². The third kappa shape index (κ3) is 3.97. The van der Waals surface area contributed by atoms with Crippen molar-refractivity contribution in [3.05, 3.63) is 47.9 Å². The van der Waals surface area contributed by atoms with Crippen molar-refractivity contribution < 1.29 is 13.6 Å². The van der Waals surface area contributed by atoms with Crippen molar-refractivity contribution >= 4 is 17.4 Å². The van der Waals surface area contributed by atoms with Crippen LogP contribution >= 0.6 is 0 Å². The molecule has 1 amide bonds. The third-order valence-electron chi connectivity index (χ3n) is 2.60. The molecule has 1 aromatic heterocycles. The molecule has 116 valence electrons. The number of benzene rings is 1. The molecule has 5 nitrogen and oxygen atoms in total. The number of nitrogens with zero attached hydrogens (tertiary/aromatic N) is 2. The number of carbonyl (C=O) groups excluding carboxylic acids is 1. The van der Waals surface area contributed by atoms with Gasteiger partial charge in [0.05, 0.1) is 0 Å². The highest BCUT2D eigenvalue weighted by Gasteiger charge is 2.16. The van der Waals surface area contributed by atoms with Gasteiger partial charge in [0, 0.05) is 11.6 Å². The summed E-state index contributed by atoms with van der Waals surface area (Å²) in [4.78, 5) is 19.9. The summed E-state index contributed by atoms with van der Waals surface area (Å²) >= 11 is 0. The Bertz CT molecular complexity index is 678. The minimum atomic E-state index is -0.851. The Morgan fingerprint density at radius 1 is 1.14 bits per heavy atom. The average Bonchev–Trinajstić information content (AvgIpc) is 2.41. The van der Waals surface area contributed by atoms with E-state index in [1.165, 1.54) is 18.5 Å². The molecule has 2 aromatic rings. The molecular formula is C15H16F2N4O. The van der Waals surface area contributed by atoms with Crippen LogP contribution < -0.4 is 10.6 Å². The highest BCUT2D eigenvalue weighted by molar-refractivity contribution is 6.03. The molecule has 0 spiro atoms. The van der Waals surface area contributed by atoms with Gasteiger partial charge in [0.25, 0.3) is 5.91 Å². The zero-order valence-electron chi connectivity index (χ0n) is 12.4.